The maximum Gasteiger partial charge on any atom is 0.500 e. The van der Waals surface area contributed by atoms with Crippen LogP contribution in [0, 0.1) is 0 Å². The molecule has 0 saturated heterocycles. The van der Waals surface area contributed by atoms with Crippen molar-refractivity contribution in [1.29, 1.82) is 0 Å². The van der Waals surface area contributed by atoms with Crippen molar-refractivity contribution in [2.24, 2.45) is 5.73 Å². The first kappa shape index (κ1) is 16.4. The number of hydrogen-bond donors (Lipinski definition) is 2. The molecule has 5 nitrogen and oxygen atoms in total. The van der Waals surface area contributed by atoms with Gasteiger partial charge in [0.05, 0.1) is 13.2 Å². The van der Waals surface area contributed by atoms with Crippen LogP contribution in [0.25, 0.3) is 0 Å². The summed E-state index contributed by atoms with van der Waals surface area (Å²) in [7, 11) is 2.25. The zero-order valence-electron chi connectivity index (χ0n) is 9.58. The standard InChI is InChI=1S/C7H18O4Si.CH5N/c1-4-7-12(9-2,10-3)11-6-5-8;1-2/h8H,4-7H2,1-3H3;2H2,1H3. The largest absolute Gasteiger partial charge is 0.500 e. The molecule has 0 radical (unpaired) electrons. The average molecular weight is 225 g/mol. The molecule has 0 aromatic rings. The zero-order chi connectivity index (χ0) is 11.4. The molecule has 14 heavy (non-hydrogen) atoms. The van der Waals surface area contributed by atoms with Gasteiger partial charge in [0.15, 0.2) is 0 Å². The highest BCUT2D eigenvalue weighted by Gasteiger charge is 2.37. The van der Waals surface area contributed by atoms with Gasteiger partial charge in [-0.1, -0.05) is 13.3 Å². The fourth-order valence-electron chi connectivity index (χ4n) is 0.985. The summed E-state index contributed by atoms with van der Waals surface area (Å²) in [6.45, 7) is 2.33. The summed E-state index contributed by atoms with van der Waals surface area (Å²) in [6, 6.07) is 0.792. The van der Waals surface area contributed by atoms with Crippen LogP contribution in [-0.2, 0) is 13.3 Å². The van der Waals surface area contributed by atoms with Gasteiger partial charge in [-0.3, -0.25) is 0 Å². The van der Waals surface area contributed by atoms with Crippen molar-refractivity contribution in [2.75, 3.05) is 34.5 Å². The number of rotatable bonds is 7. The molecule has 0 fully saturated rings. The number of hydrogen-bond acceptors (Lipinski definition) is 5. The zero-order valence-corrected chi connectivity index (χ0v) is 10.6. The van der Waals surface area contributed by atoms with Gasteiger partial charge in [-0.05, 0) is 7.05 Å². The van der Waals surface area contributed by atoms with Gasteiger partial charge in [0.2, 0.25) is 0 Å². The van der Waals surface area contributed by atoms with E-state index in [9.17, 15) is 0 Å². The second-order valence-electron chi connectivity index (χ2n) is 2.41. The SMILES string of the molecule is CCC[Si](OC)(OC)OCCO.CN. The summed E-state index contributed by atoms with van der Waals surface area (Å²) >= 11 is 0. The van der Waals surface area contributed by atoms with Gasteiger partial charge in [0.1, 0.15) is 0 Å². The lowest BCUT2D eigenvalue weighted by molar-refractivity contribution is 0.0785. The Bertz CT molecular complexity index is 112. The molecule has 88 valence electrons. The van der Waals surface area contributed by atoms with E-state index in [-0.39, 0.29) is 13.2 Å². The maximum absolute atomic E-state index is 8.57. The number of nitrogens with two attached hydrogens (primary N) is 1. The molecule has 3 N–H and O–H groups in total. The van der Waals surface area contributed by atoms with Crippen molar-refractivity contribution in [3.8, 4) is 0 Å². The van der Waals surface area contributed by atoms with Crippen molar-refractivity contribution in [3.63, 3.8) is 0 Å². The minimum absolute atomic E-state index is 0.00514. The number of aliphatic hydroxyl groups is 1. The lowest BCUT2D eigenvalue weighted by Gasteiger charge is -2.25. The van der Waals surface area contributed by atoms with E-state index in [0.717, 1.165) is 12.5 Å². The fourth-order valence-corrected chi connectivity index (χ4v) is 2.95. The van der Waals surface area contributed by atoms with Crippen molar-refractivity contribution in [1.82, 2.24) is 0 Å². The normalized spacial score (nSPS) is 10.7. The van der Waals surface area contributed by atoms with E-state index in [1.807, 2.05) is 6.92 Å². The number of aliphatic hydroxyl groups excluding tert-OH is 1. The van der Waals surface area contributed by atoms with E-state index < -0.39 is 8.80 Å². The van der Waals surface area contributed by atoms with Gasteiger partial charge in [-0.15, -0.1) is 0 Å². The first-order valence-electron chi connectivity index (χ1n) is 4.67. The Balaban J connectivity index is 0. The van der Waals surface area contributed by atoms with Gasteiger partial charge in [0.25, 0.3) is 0 Å². The highest BCUT2D eigenvalue weighted by Crippen LogP contribution is 2.15. The van der Waals surface area contributed by atoms with Crippen LogP contribution in [0.4, 0.5) is 0 Å². The lowest BCUT2D eigenvalue weighted by atomic mass is 10.6. The third kappa shape index (κ3) is 6.47. The molecule has 0 aliphatic heterocycles. The van der Waals surface area contributed by atoms with Gasteiger partial charge in [-0.25, -0.2) is 0 Å². The summed E-state index contributed by atoms with van der Waals surface area (Å²) < 4.78 is 15.8. The highest BCUT2D eigenvalue weighted by atomic mass is 28.4. The maximum atomic E-state index is 8.57. The summed E-state index contributed by atoms with van der Waals surface area (Å²) in [5, 5.41) is 8.57. The van der Waals surface area contributed by atoms with Crippen molar-refractivity contribution in [3.05, 3.63) is 0 Å². The lowest BCUT2D eigenvalue weighted by Crippen LogP contribution is -2.44. The predicted molar refractivity (Wildman–Crippen MR) is 58.0 cm³/mol. The van der Waals surface area contributed by atoms with Crippen LogP contribution in [0.5, 0.6) is 0 Å². The summed E-state index contributed by atoms with van der Waals surface area (Å²) in [5.74, 6) is 0. The fraction of sp³-hybridized carbons (Fsp3) is 1.00. The van der Waals surface area contributed by atoms with Gasteiger partial charge < -0.3 is 24.1 Å². The first-order valence-corrected chi connectivity index (χ1v) is 6.60. The third-order valence-corrected chi connectivity index (χ3v) is 4.59. The monoisotopic (exact) mass is 225 g/mol. The van der Waals surface area contributed by atoms with Crippen LogP contribution in [0.2, 0.25) is 6.04 Å². The summed E-state index contributed by atoms with van der Waals surface area (Å²) in [6.07, 6.45) is 0.958. The second-order valence-corrected chi connectivity index (χ2v) is 5.38. The molecule has 0 spiro atoms. The van der Waals surface area contributed by atoms with E-state index in [1.165, 1.54) is 7.05 Å². The quantitative estimate of drug-likeness (QED) is 0.606. The highest BCUT2D eigenvalue weighted by molar-refractivity contribution is 6.60. The van der Waals surface area contributed by atoms with Gasteiger partial charge in [0, 0.05) is 20.3 Å². The van der Waals surface area contributed by atoms with Gasteiger partial charge in [-0.2, -0.15) is 0 Å². The molecule has 0 aromatic heterocycles. The molecule has 0 rings (SSSR count). The molecule has 0 saturated carbocycles. The van der Waals surface area contributed by atoms with Crippen molar-refractivity contribution >= 4 is 8.80 Å². The van der Waals surface area contributed by atoms with E-state index in [0.29, 0.717) is 0 Å². The molecular formula is C8H23NO4Si. The molecule has 6 heteroatoms. The minimum atomic E-state index is -2.42. The Morgan fingerprint density at radius 3 is 2.00 bits per heavy atom. The molecule has 0 atom stereocenters. The van der Waals surface area contributed by atoms with E-state index in [2.05, 4.69) is 5.73 Å². The van der Waals surface area contributed by atoms with E-state index >= 15 is 0 Å². The van der Waals surface area contributed by atoms with Crippen LogP contribution in [0.1, 0.15) is 13.3 Å². The summed E-state index contributed by atoms with van der Waals surface area (Å²) in [5.41, 5.74) is 4.50. The Hall–Kier alpha value is 0.0169. The Morgan fingerprint density at radius 2 is 1.71 bits per heavy atom. The first-order chi connectivity index (χ1) is 6.74. The van der Waals surface area contributed by atoms with Crippen LogP contribution in [-0.4, -0.2) is 48.4 Å². The van der Waals surface area contributed by atoms with E-state index in [1.54, 1.807) is 14.2 Å². The molecular weight excluding hydrogens is 202 g/mol. The van der Waals surface area contributed by atoms with Crippen LogP contribution >= 0.6 is 0 Å². The second kappa shape index (κ2) is 11.1. The van der Waals surface area contributed by atoms with Crippen LogP contribution < -0.4 is 5.73 Å². The molecule has 0 aromatic carbocycles. The Morgan fingerprint density at radius 1 is 1.21 bits per heavy atom. The molecule has 0 heterocycles. The summed E-state index contributed by atoms with van der Waals surface area (Å²) in [4.78, 5) is 0. The predicted octanol–water partition coefficient (Wildman–Crippen LogP) is 0.212. The average Bonchev–Trinajstić information content (AvgIpc) is 2.27. The molecule has 0 bridgehead atoms. The Labute approximate surface area is 87.5 Å². The molecule has 0 amide bonds. The van der Waals surface area contributed by atoms with Crippen LogP contribution in [0.15, 0.2) is 0 Å². The van der Waals surface area contributed by atoms with Crippen molar-refractivity contribution < 1.29 is 18.4 Å². The molecule has 0 aliphatic rings. The smallest absolute Gasteiger partial charge is 0.394 e. The Kier molecular flexibility index (Phi) is 13.0. The topological polar surface area (TPSA) is 73.9 Å². The van der Waals surface area contributed by atoms with Crippen molar-refractivity contribution in [2.45, 2.75) is 19.4 Å². The molecule has 0 unspecified atom stereocenters. The molecule has 0 aliphatic carbocycles. The third-order valence-electron chi connectivity index (χ3n) is 1.59. The van der Waals surface area contributed by atoms with Crippen LogP contribution in [0.3, 0.4) is 0 Å². The van der Waals surface area contributed by atoms with Gasteiger partial charge >= 0.3 is 8.80 Å². The minimum Gasteiger partial charge on any atom is -0.394 e. The van der Waals surface area contributed by atoms with E-state index in [4.69, 9.17) is 18.4 Å².